The number of carboxylic acid groups (broad SMARTS) is 1. The molecule has 1 aliphatic heterocycles. The first kappa shape index (κ1) is 18.7. The van der Waals surface area contributed by atoms with Crippen molar-refractivity contribution in [2.75, 3.05) is 11.4 Å². The molecule has 2 atom stereocenters. The molecule has 0 radical (unpaired) electrons. The van der Waals surface area contributed by atoms with E-state index in [1.165, 1.54) is 17.0 Å². The monoisotopic (exact) mass is 362 g/mol. The van der Waals surface area contributed by atoms with Crippen LogP contribution in [0.5, 0.6) is 0 Å². The zero-order chi connectivity index (χ0) is 18.8. The minimum absolute atomic E-state index is 0.0143. The summed E-state index contributed by atoms with van der Waals surface area (Å²) in [4.78, 5) is 36.4. The van der Waals surface area contributed by atoms with Crippen molar-refractivity contribution >= 4 is 23.5 Å². The molecule has 1 heterocycles. The highest BCUT2D eigenvalue weighted by Crippen LogP contribution is 2.26. The summed E-state index contributed by atoms with van der Waals surface area (Å²) in [6, 6.07) is 2.74. The van der Waals surface area contributed by atoms with Crippen molar-refractivity contribution in [2.45, 2.75) is 25.1 Å². The van der Waals surface area contributed by atoms with Crippen molar-refractivity contribution in [3.05, 3.63) is 30.1 Å². The zero-order valence-corrected chi connectivity index (χ0v) is 12.7. The lowest BCUT2D eigenvalue weighted by Gasteiger charge is -2.19. The van der Waals surface area contributed by atoms with E-state index in [2.05, 4.69) is 0 Å². The summed E-state index contributed by atoms with van der Waals surface area (Å²) in [6.45, 7) is 0.111. The molecule has 0 saturated carbocycles. The molecule has 1 aromatic rings. The Balaban J connectivity index is 2.06. The Hall–Kier alpha value is -2.65. The van der Waals surface area contributed by atoms with Crippen LogP contribution in [-0.4, -0.2) is 41.7 Å². The molecule has 0 aliphatic carbocycles. The van der Waals surface area contributed by atoms with Crippen molar-refractivity contribution in [2.24, 2.45) is 5.92 Å². The lowest BCUT2D eigenvalue weighted by atomic mass is 10.1. The second kappa shape index (κ2) is 7.08. The summed E-state index contributed by atoms with van der Waals surface area (Å²) in [5, 5.41) is 10.6. The maximum absolute atomic E-state index is 12.9. The third kappa shape index (κ3) is 4.68. The zero-order valence-electron chi connectivity index (χ0n) is 12.7. The summed E-state index contributed by atoms with van der Waals surface area (Å²) in [7, 11) is 0. The Morgan fingerprint density at radius 3 is 2.40 bits per heavy atom. The van der Waals surface area contributed by atoms with Crippen molar-refractivity contribution in [3.63, 3.8) is 0 Å². The van der Waals surface area contributed by atoms with Crippen LogP contribution < -0.4 is 10.2 Å². The smallest absolute Gasteiger partial charge is 0.391 e. The summed E-state index contributed by atoms with van der Waals surface area (Å²) in [6.07, 6.45) is -6.51. The van der Waals surface area contributed by atoms with E-state index in [0.29, 0.717) is 5.69 Å². The van der Waals surface area contributed by atoms with Crippen molar-refractivity contribution in [1.29, 1.82) is 0 Å². The second-order valence-corrected chi connectivity index (χ2v) is 5.53. The number of nitrogens with one attached hydrogen (secondary N) is 1. The number of nitrogens with zero attached hydrogens (tertiary/aromatic N) is 1. The number of amides is 2. The molecule has 25 heavy (non-hydrogen) atoms. The molecular weight excluding hydrogens is 348 g/mol. The third-order valence-corrected chi connectivity index (χ3v) is 3.71. The number of anilines is 1. The number of hydrogen-bond acceptors (Lipinski definition) is 3. The van der Waals surface area contributed by atoms with Crippen LogP contribution in [0.2, 0.25) is 0 Å². The average Bonchev–Trinajstić information content (AvgIpc) is 2.87. The van der Waals surface area contributed by atoms with E-state index in [4.69, 9.17) is 5.11 Å². The van der Waals surface area contributed by atoms with E-state index in [0.717, 1.165) is 12.1 Å². The first-order chi connectivity index (χ1) is 11.6. The molecule has 1 aromatic carbocycles. The molecule has 2 amide bonds. The number of carbonyl (C=O) groups is 3. The molecule has 6 nitrogen and oxygen atoms in total. The summed E-state index contributed by atoms with van der Waals surface area (Å²) in [5.41, 5.74) is 0.340. The molecule has 1 aliphatic rings. The molecule has 1 saturated heterocycles. The van der Waals surface area contributed by atoms with Crippen molar-refractivity contribution in [3.8, 4) is 0 Å². The number of aliphatic carboxylic acids is 1. The van der Waals surface area contributed by atoms with Gasteiger partial charge in [0.1, 0.15) is 17.8 Å². The molecule has 0 aromatic heterocycles. The molecule has 10 heteroatoms. The van der Waals surface area contributed by atoms with Gasteiger partial charge in [-0.2, -0.15) is 13.2 Å². The van der Waals surface area contributed by atoms with Gasteiger partial charge in [-0.1, -0.05) is 0 Å². The minimum atomic E-state index is -4.78. The predicted molar refractivity (Wildman–Crippen MR) is 77.1 cm³/mol. The summed E-state index contributed by atoms with van der Waals surface area (Å²) >= 11 is 0. The average molecular weight is 362 g/mol. The van der Waals surface area contributed by atoms with E-state index >= 15 is 0 Å². The fourth-order valence-electron chi connectivity index (χ4n) is 2.50. The van der Waals surface area contributed by atoms with Gasteiger partial charge in [0, 0.05) is 12.2 Å². The molecular formula is C15H14F4N2O4. The molecule has 0 spiro atoms. The van der Waals surface area contributed by atoms with E-state index in [1.54, 1.807) is 5.32 Å². The van der Waals surface area contributed by atoms with Gasteiger partial charge < -0.3 is 15.3 Å². The highest BCUT2D eigenvalue weighted by Gasteiger charge is 2.41. The maximum atomic E-state index is 12.9. The minimum Gasteiger partial charge on any atom is -0.480 e. The molecule has 0 bridgehead atoms. The van der Waals surface area contributed by atoms with Gasteiger partial charge in [0.05, 0.1) is 6.42 Å². The fraction of sp³-hybridized carbons (Fsp3) is 0.400. The van der Waals surface area contributed by atoms with Crippen LogP contribution in [0.1, 0.15) is 12.8 Å². The molecule has 136 valence electrons. The normalized spacial score (nSPS) is 19.0. The van der Waals surface area contributed by atoms with Gasteiger partial charge in [-0.05, 0) is 30.7 Å². The van der Waals surface area contributed by atoms with Crippen molar-refractivity contribution < 1.29 is 37.1 Å². The Labute approximate surface area is 139 Å². The number of rotatable bonds is 5. The molecule has 2 N–H and O–H groups in total. The lowest BCUT2D eigenvalue weighted by molar-refractivity contribution is -0.160. The lowest BCUT2D eigenvalue weighted by Crippen LogP contribution is -2.47. The number of carboxylic acids is 1. The highest BCUT2D eigenvalue weighted by molar-refractivity contribution is 6.10. The Morgan fingerprint density at radius 2 is 1.88 bits per heavy atom. The van der Waals surface area contributed by atoms with Crippen molar-refractivity contribution in [1.82, 2.24) is 5.32 Å². The van der Waals surface area contributed by atoms with Gasteiger partial charge in [0.25, 0.3) is 0 Å². The van der Waals surface area contributed by atoms with Crippen LogP contribution in [0.3, 0.4) is 0 Å². The highest BCUT2D eigenvalue weighted by atomic mass is 19.4. The maximum Gasteiger partial charge on any atom is 0.391 e. The van der Waals surface area contributed by atoms with Gasteiger partial charge >= 0.3 is 12.1 Å². The summed E-state index contributed by atoms with van der Waals surface area (Å²) in [5.74, 6) is -5.40. The van der Waals surface area contributed by atoms with Gasteiger partial charge in [-0.3, -0.25) is 9.59 Å². The van der Waals surface area contributed by atoms with E-state index in [-0.39, 0.29) is 13.0 Å². The van der Waals surface area contributed by atoms with Gasteiger partial charge in [-0.25, -0.2) is 9.18 Å². The first-order valence-electron chi connectivity index (χ1n) is 7.25. The van der Waals surface area contributed by atoms with Crippen LogP contribution in [0.4, 0.5) is 23.2 Å². The Morgan fingerprint density at radius 1 is 1.28 bits per heavy atom. The Bertz CT molecular complexity index is 675. The third-order valence-electron chi connectivity index (χ3n) is 3.71. The van der Waals surface area contributed by atoms with Gasteiger partial charge in [0.15, 0.2) is 0 Å². The topological polar surface area (TPSA) is 86.7 Å². The quantitative estimate of drug-likeness (QED) is 0.617. The van der Waals surface area contributed by atoms with Crippen LogP contribution in [0, 0.1) is 11.7 Å². The number of alkyl halides is 3. The van der Waals surface area contributed by atoms with Crippen LogP contribution in [0.15, 0.2) is 24.3 Å². The predicted octanol–water partition coefficient (Wildman–Crippen LogP) is 1.70. The number of carbonyl (C=O) groups excluding carboxylic acids is 2. The second-order valence-electron chi connectivity index (χ2n) is 5.53. The first-order valence-corrected chi connectivity index (χ1v) is 7.25. The van der Waals surface area contributed by atoms with E-state index < -0.39 is 48.2 Å². The van der Waals surface area contributed by atoms with Gasteiger partial charge in [0.2, 0.25) is 11.8 Å². The molecule has 2 unspecified atom stereocenters. The SMILES string of the molecule is O=C(O)C(CC(F)(F)F)NC(=O)C1CCN(c2ccc(F)cc2)C1=O. The van der Waals surface area contributed by atoms with E-state index in [1.807, 2.05) is 0 Å². The van der Waals surface area contributed by atoms with Crippen LogP contribution in [-0.2, 0) is 14.4 Å². The molecule has 1 fully saturated rings. The summed E-state index contributed by atoms with van der Waals surface area (Å²) < 4.78 is 50.0. The van der Waals surface area contributed by atoms with Crippen LogP contribution >= 0.6 is 0 Å². The van der Waals surface area contributed by atoms with Gasteiger partial charge in [-0.15, -0.1) is 0 Å². The number of hydrogen-bond donors (Lipinski definition) is 2. The standard InChI is InChI=1S/C15H14F4N2O4/c16-8-1-3-9(4-2-8)21-6-5-10(13(21)23)12(22)20-11(14(24)25)7-15(17,18)19/h1-4,10-11H,5-7H2,(H,20,22)(H,24,25). The Kier molecular flexibility index (Phi) is 5.29. The van der Waals surface area contributed by atoms with Crippen LogP contribution in [0.25, 0.3) is 0 Å². The fourth-order valence-corrected chi connectivity index (χ4v) is 2.50. The number of halogens is 4. The largest absolute Gasteiger partial charge is 0.480 e. The molecule has 2 rings (SSSR count). The number of benzene rings is 1. The van der Waals surface area contributed by atoms with E-state index in [9.17, 15) is 31.9 Å².